The number of nitrogens with one attached hydrogen (secondary N) is 1. The average molecular weight is 325 g/mol. The number of carbonyl (C=O) groups excluding carboxylic acids is 1. The highest BCUT2D eigenvalue weighted by atomic mass is 19.1. The van der Waals surface area contributed by atoms with Crippen LogP contribution in [0.2, 0.25) is 0 Å². The second-order valence-corrected chi connectivity index (χ2v) is 5.81. The van der Waals surface area contributed by atoms with Crippen LogP contribution < -0.4 is 5.32 Å². The molecule has 0 bridgehead atoms. The third-order valence-corrected chi connectivity index (χ3v) is 3.99. The fourth-order valence-corrected chi connectivity index (χ4v) is 2.78. The maximum atomic E-state index is 13.2. The van der Waals surface area contributed by atoms with Crippen LogP contribution >= 0.6 is 0 Å². The zero-order valence-electron chi connectivity index (χ0n) is 13.6. The molecule has 0 spiro atoms. The second kappa shape index (κ2) is 7.25. The fraction of sp³-hybridized carbons (Fsp3) is 0.263. The fourth-order valence-electron chi connectivity index (χ4n) is 2.78. The number of hydrogen-bond acceptors (Lipinski definition) is 2. The molecule has 0 unspecified atom stereocenters. The smallest absolute Gasteiger partial charge is 0.220 e. The van der Waals surface area contributed by atoms with Crippen molar-refractivity contribution < 1.29 is 9.18 Å². The first-order valence-electron chi connectivity index (χ1n) is 8.12. The number of imidazole rings is 1. The number of fused-ring (bicyclic) bond motifs is 1. The van der Waals surface area contributed by atoms with Gasteiger partial charge in [0.25, 0.3) is 0 Å². The number of amides is 1. The molecule has 1 atom stereocenters. The van der Waals surface area contributed by atoms with Crippen LogP contribution in [0.15, 0.2) is 54.9 Å². The summed E-state index contributed by atoms with van der Waals surface area (Å²) in [5.41, 5.74) is 2.79. The van der Waals surface area contributed by atoms with Crippen LogP contribution in [0, 0.1) is 5.82 Å². The van der Waals surface area contributed by atoms with E-state index in [0.717, 1.165) is 23.0 Å². The zero-order valence-corrected chi connectivity index (χ0v) is 13.6. The number of rotatable bonds is 6. The van der Waals surface area contributed by atoms with Crippen molar-refractivity contribution in [3.63, 3.8) is 0 Å². The van der Waals surface area contributed by atoms with E-state index in [1.165, 1.54) is 12.1 Å². The predicted molar refractivity (Wildman–Crippen MR) is 91.9 cm³/mol. The summed E-state index contributed by atoms with van der Waals surface area (Å²) in [5.74, 6) is -0.290. The van der Waals surface area contributed by atoms with Crippen molar-refractivity contribution in [3.8, 4) is 0 Å². The molecule has 0 fully saturated rings. The Kier molecular flexibility index (Phi) is 4.89. The van der Waals surface area contributed by atoms with E-state index >= 15 is 0 Å². The van der Waals surface area contributed by atoms with Gasteiger partial charge in [-0.2, -0.15) is 0 Å². The van der Waals surface area contributed by atoms with Crippen molar-refractivity contribution in [3.05, 3.63) is 66.2 Å². The van der Waals surface area contributed by atoms with Crippen LogP contribution in [0.1, 0.15) is 31.4 Å². The van der Waals surface area contributed by atoms with Gasteiger partial charge in [0.1, 0.15) is 5.82 Å². The minimum atomic E-state index is -0.287. The summed E-state index contributed by atoms with van der Waals surface area (Å²) in [6.45, 7) is 2.51. The Balaban J connectivity index is 1.89. The van der Waals surface area contributed by atoms with Crippen molar-refractivity contribution in [2.24, 2.45) is 0 Å². The molecular weight excluding hydrogens is 305 g/mol. The van der Waals surface area contributed by atoms with E-state index in [1.807, 2.05) is 35.8 Å². The molecule has 1 aromatic heterocycles. The van der Waals surface area contributed by atoms with Gasteiger partial charge in [0, 0.05) is 13.0 Å². The average Bonchev–Trinajstić information content (AvgIpc) is 2.98. The second-order valence-electron chi connectivity index (χ2n) is 5.81. The van der Waals surface area contributed by atoms with E-state index in [2.05, 4.69) is 10.3 Å². The first kappa shape index (κ1) is 16.2. The Morgan fingerprint density at radius 1 is 1.21 bits per heavy atom. The van der Waals surface area contributed by atoms with Gasteiger partial charge in [-0.05, 0) is 36.2 Å². The quantitative estimate of drug-likeness (QED) is 0.748. The minimum absolute atomic E-state index is 0.00348. The molecule has 4 nitrogen and oxygen atoms in total. The summed E-state index contributed by atoms with van der Waals surface area (Å²) in [6.07, 6.45) is 3.03. The zero-order chi connectivity index (χ0) is 16.9. The Labute approximate surface area is 140 Å². The molecule has 3 rings (SSSR count). The topological polar surface area (TPSA) is 46.9 Å². The van der Waals surface area contributed by atoms with E-state index in [9.17, 15) is 9.18 Å². The summed E-state index contributed by atoms with van der Waals surface area (Å²) in [7, 11) is 0. The van der Waals surface area contributed by atoms with E-state index in [-0.39, 0.29) is 17.8 Å². The van der Waals surface area contributed by atoms with Gasteiger partial charge >= 0.3 is 0 Å². The molecule has 1 N–H and O–H groups in total. The molecule has 5 heteroatoms. The predicted octanol–water partition coefficient (Wildman–Crippen LogP) is 3.83. The number of halogens is 1. The molecular formula is C19H20FN3O. The Morgan fingerprint density at radius 2 is 1.96 bits per heavy atom. The van der Waals surface area contributed by atoms with Crippen LogP contribution in [-0.4, -0.2) is 15.5 Å². The molecule has 0 saturated carbocycles. The van der Waals surface area contributed by atoms with Crippen LogP contribution in [0.5, 0.6) is 0 Å². The molecule has 124 valence electrons. The maximum Gasteiger partial charge on any atom is 0.220 e. The Bertz CT molecular complexity index is 826. The molecule has 0 radical (unpaired) electrons. The van der Waals surface area contributed by atoms with Gasteiger partial charge in [0.2, 0.25) is 5.91 Å². The highest BCUT2D eigenvalue weighted by Crippen LogP contribution is 2.20. The summed E-state index contributed by atoms with van der Waals surface area (Å²) >= 11 is 0. The lowest BCUT2D eigenvalue weighted by Gasteiger charge is -2.20. The summed E-state index contributed by atoms with van der Waals surface area (Å²) in [6, 6.07) is 13.9. The summed E-state index contributed by atoms with van der Waals surface area (Å²) in [5, 5.41) is 3.05. The number of carbonyl (C=O) groups is 1. The molecule has 24 heavy (non-hydrogen) atoms. The van der Waals surface area contributed by atoms with Crippen molar-refractivity contribution >= 4 is 16.9 Å². The monoisotopic (exact) mass is 325 g/mol. The van der Waals surface area contributed by atoms with Crippen LogP contribution in [-0.2, 0) is 11.3 Å². The number of aromatic nitrogens is 2. The molecule has 0 saturated heterocycles. The normalized spacial score (nSPS) is 12.2. The van der Waals surface area contributed by atoms with E-state index in [0.29, 0.717) is 13.0 Å². The molecule has 1 amide bonds. The molecule has 2 aromatic carbocycles. The SMILES string of the molecule is CCCC(=O)N[C@@H](Cn1cnc2ccccc21)c1ccc(F)cc1. The van der Waals surface area contributed by atoms with Crippen LogP contribution in [0.25, 0.3) is 11.0 Å². The molecule has 0 aliphatic rings. The third-order valence-electron chi connectivity index (χ3n) is 3.99. The van der Waals surface area contributed by atoms with Gasteiger partial charge in [0.05, 0.1) is 23.4 Å². The first-order valence-corrected chi connectivity index (χ1v) is 8.12. The molecule has 3 aromatic rings. The molecule has 0 aliphatic carbocycles. The van der Waals surface area contributed by atoms with Crippen molar-refractivity contribution in [1.29, 1.82) is 0 Å². The Morgan fingerprint density at radius 3 is 2.71 bits per heavy atom. The van der Waals surface area contributed by atoms with E-state index < -0.39 is 0 Å². The van der Waals surface area contributed by atoms with Gasteiger partial charge in [-0.3, -0.25) is 4.79 Å². The highest BCUT2D eigenvalue weighted by Gasteiger charge is 2.16. The van der Waals surface area contributed by atoms with Gasteiger partial charge in [-0.15, -0.1) is 0 Å². The van der Waals surface area contributed by atoms with Gasteiger partial charge in [0.15, 0.2) is 0 Å². The van der Waals surface area contributed by atoms with Gasteiger partial charge < -0.3 is 9.88 Å². The Hall–Kier alpha value is -2.69. The third kappa shape index (κ3) is 3.62. The summed E-state index contributed by atoms with van der Waals surface area (Å²) < 4.78 is 15.2. The summed E-state index contributed by atoms with van der Waals surface area (Å²) in [4.78, 5) is 16.5. The molecule has 0 aliphatic heterocycles. The number of benzene rings is 2. The standard InChI is InChI=1S/C19H20FN3O/c1-2-5-19(24)22-17(14-8-10-15(20)11-9-14)12-23-13-21-16-6-3-4-7-18(16)23/h3-4,6-11,13,17H,2,5,12H2,1H3,(H,22,24)/t17-/m0/s1. The first-order chi connectivity index (χ1) is 11.7. The largest absolute Gasteiger partial charge is 0.347 e. The number of nitrogens with zero attached hydrogens (tertiary/aromatic N) is 2. The van der Waals surface area contributed by atoms with Crippen molar-refractivity contribution in [2.75, 3.05) is 0 Å². The number of para-hydroxylation sites is 2. The van der Waals surface area contributed by atoms with E-state index in [4.69, 9.17) is 0 Å². The molecule has 1 heterocycles. The minimum Gasteiger partial charge on any atom is -0.347 e. The lowest BCUT2D eigenvalue weighted by Crippen LogP contribution is -2.31. The maximum absolute atomic E-state index is 13.2. The number of hydrogen-bond donors (Lipinski definition) is 1. The highest BCUT2D eigenvalue weighted by molar-refractivity contribution is 5.77. The van der Waals surface area contributed by atoms with Gasteiger partial charge in [-0.25, -0.2) is 9.37 Å². The van der Waals surface area contributed by atoms with Crippen molar-refractivity contribution in [2.45, 2.75) is 32.4 Å². The van der Waals surface area contributed by atoms with E-state index in [1.54, 1.807) is 18.5 Å². The van der Waals surface area contributed by atoms with Gasteiger partial charge in [-0.1, -0.05) is 31.2 Å². The van der Waals surface area contributed by atoms with Crippen LogP contribution in [0.3, 0.4) is 0 Å². The van der Waals surface area contributed by atoms with Crippen LogP contribution in [0.4, 0.5) is 4.39 Å². The lowest BCUT2D eigenvalue weighted by atomic mass is 10.1. The van der Waals surface area contributed by atoms with Crippen molar-refractivity contribution in [1.82, 2.24) is 14.9 Å². The lowest BCUT2D eigenvalue weighted by molar-refractivity contribution is -0.122.